The monoisotopic (exact) mass is 877 g/mol. The Balaban J connectivity index is 1.22. The third-order valence-electron chi connectivity index (χ3n) is 16.4. The minimum Gasteiger partial charge on any atom is -0.313 e. The van der Waals surface area contributed by atoms with E-state index in [-0.39, 0.29) is 13.4 Å². The van der Waals surface area contributed by atoms with E-state index in [0.29, 0.717) is 0 Å². The summed E-state index contributed by atoms with van der Waals surface area (Å²) in [5.74, 6) is 0. The Morgan fingerprint density at radius 1 is 0.324 bits per heavy atom. The number of hydrogen-bond donors (Lipinski definition) is 0. The van der Waals surface area contributed by atoms with Crippen LogP contribution in [-0.4, -0.2) is 23.4 Å². The Bertz CT molecular complexity index is 3250. The van der Waals surface area contributed by atoms with Crippen molar-refractivity contribution in [1.82, 2.24) is 9.97 Å². The Kier molecular flexibility index (Phi) is 10.5. The van der Waals surface area contributed by atoms with Gasteiger partial charge in [-0.05, 0) is 201 Å². The molecule has 68 heavy (non-hydrogen) atoms. The molecule has 0 unspecified atom stereocenters. The summed E-state index contributed by atoms with van der Waals surface area (Å²) in [6.45, 7) is 25.7. The highest BCUT2D eigenvalue weighted by Crippen LogP contribution is 2.41. The van der Waals surface area contributed by atoms with Crippen molar-refractivity contribution in [2.24, 2.45) is 0 Å². The SMILES string of the molecule is Cc1cc2c3c(c1)B(c1c(C)c(C)c(C)c(C)c1C)c1cc(-c4cccc(-c5cccnc5)c4)ccc1N3c1ccc(-c3cccc(-c4cccnc4)c3)cc1B2c1c(C)c(C)c(C)c(C)c1C. The van der Waals surface area contributed by atoms with Crippen LogP contribution in [0.5, 0.6) is 0 Å². The van der Waals surface area contributed by atoms with Gasteiger partial charge in [-0.1, -0.05) is 124 Å². The summed E-state index contributed by atoms with van der Waals surface area (Å²) < 4.78 is 0. The number of nitrogens with zero attached hydrogens (tertiary/aromatic N) is 3. The number of fused-ring (bicyclic) bond motifs is 4. The van der Waals surface area contributed by atoms with Crippen molar-refractivity contribution in [2.75, 3.05) is 4.90 Å². The van der Waals surface area contributed by atoms with Crippen molar-refractivity contribution in [3.05, 3.63) is 207 Å². The molecule has 7 aromatic carbocycles. The lowest BCUT2D eigenvalue weighted by Gasteiger charge is -2.45. The smallest absolute Gasteiger partial charge is 0.247 e. The van der Waals surface area contributed by atoms with E-state index in [2.05, 4.69) is 200 Å². The number of pyridine rings is 2. The summed E-state index contributed by atoms with van der Waals surface area (Å²) in [7, 11) is 0. The highest BCUT2D eigenvalue weighted by molar-refractivity contribution is 7.02. The van der Waals surface area contributed by atoms with Crippen LogP contribution in [0.3, 0.4) is 0 Å². The van der Waals surface area contributed by atoms with Crippen LogP contribution >= 0.6 is 0 Å². The fourth-order valence-corrected chi connectivity index (χ4v) is 11.9. The predicted molar refractivity (Wildman–Crippen MR) is 293 cm³/mol. The maximum absolute atomic E-state index is 4.46. The fourth-order valence-electron chi connectivity index (χ4n) is 11.9. The number of rotatable bonds is 6. The Hall–Kier alpha value is -7.23. The Labute approximate surface area is 404 Å². The second-order valence-corrected chi connectivity index (χ2v) is 19.8. The van der Waals surface area contributed by atoms with Crippen molar-refractivity contribution in [1.29, 1.82) is 0 Å². The van der Waals surface area contributed by atoms with Gasteiger partial charge in [-0.25, -0.2) is 0 Å². The van der Waals surface area contributed by atoms with Crippen LogP contribution in [0.4, 0.5) is 17.1 Å². The van der Waals surface area contributed by atoms with Gasteiger partial charge in [0.1, 0.15) is 0 Å². The summed E-state index contributed by atoms with van der Waals surface area (Å²) in [4.78, 5) is 11.6. The van der Waals surface area contributed by atoms with Crippen LogP contribution in [0.15, 0.2) is 146 Å². The molecule has 0 amide bonds. The van der Waals surface area contributed by atoms with Crippen LogP contribution in [0.25, 0.3) is 44.5 Å². The quantitative estimate of drug-likeness (QED) is 0.156. The lowest BCUT2D eigenvalue weighted by molar-refractivity contribution is 1.19. The number of hydrogen-bond acceptors (Lipinski definition) is 3. The lowest BCUT2D eigenvalue weighted by atomic mass is 9.29. The van der Waals surface area contributed by atoms with Gasteiger partial charge < -0.3 is 4.90 Å². The Morgan fingerprint density at radius 2 is 0.662 bits per heavy atom. The molecule has 2 aliphatic heterocycles. The fraction of sp³-hybridized carbons (Fsp3) is 0.175. The number of benzene rings is 7. The maximum atomic E-state index is 4.46. The molecule has 4 heterocycles. The molecule has 0 atom stereocenters. The van der Waals surface area contributed by atoms with Crippen molar-refractivity contribution in [3.8, 4) is 44.5 Å². The molecule has 5 heteroatoms. The van der Waals surface area contributed by atoms with Gasteiger partial charge in [0.15, 0.2) is 0 Å². The second-order valence-electron chi connectivity index (χ2n) is 19.8. The number of aryl methyl sites for hydroxylation is 1. The molecule has 3 nitrogen and oxygen atoms in total. The third kappa shape index (κ3) is 6.73. The molecule has 0 bridgehead atoms. The summed E-state index contributed by atoms with van der Waals surface area (Å²) in [5.41, 5.74) is 36.6. The molecule has 11 rings (SSSR count). The van der Waals surface area contributed by atoms with E-state index in [1.807, 2.05) is 36.9 Å². The van der Waals surface area contributed by atoms with Gasteiger partial charge >= 0.3 is 0 Å². The van der Waals surface area contributed by atoms with Gasteiger partial charge in [-0.15, -0.1) is 0 Å². The minimum atomic E-state index is 0.00901. The summed E-state index contributed by atoms with van der Waals surface area (Å²) in [5, 5.41) is 0. The molecule has 0 saturated carbocycles. The van der Waals surface area contributed by atoms with Crippen LogP contribution < -0.4 is 37.7 Å². The zero-order chi connectivity index (χ0) is 47.3. The molecule has 0 aliphatic carbocycles. The van der Waals surface area contributed by atoms with E-state index in [1.54, 1.807) is 0 Å². The molecular weight excluding hydrogens is 820 g/mol. The van der Waals surface area contributed by atoms with Crippen LogP contribution in [0.1, 0.15) is 61.2 Å². The molecule has 0 fully saturated rings. The zero-order valence-electron chi connectivity index (χ0n) is 41.4. The summed E-state index contributed by atoms with van der Waals surface area (Å²) in [6.07, 6.45) is 7.60. The summed E-state index contributed by atoms with van der Waals surface area (Å²) >= 11 is 0. The van der Waals surface area contributed by atoms with Crippen LogP contribution in [-0.2, 0) is 0 Å². The van der Waals surface area contributed by atoms with Gasteiger partial charge in [0.05, 0.1) is 0 Å². The molecule has 2 aromatic heterocycles. The molecule has 2 aliphatic rings. The largest absolute Gasteiger partial charge is 0.313 e. The van der Waals surface area contributed by atoms with Crippen molar-refractivity contribution in [3.63, 3.8) is 0 Å². The van der Waals surface area contributed by atoms with Gasteiger partial charge in [-0.3, -0.25) is 9.97 Å². The standard InChI is InChI=1S/C63H57B2N3/c1-36-28-57-63-58(29-36)65(62-45(10)41(6)38(3)42(7)46(62)11)56-33-52(48-17-13-19-50(31-48)54-21-15-27-67-35-54)23-25-60(56)68(63)59-24-22-51(47-16-12-18-49(30-47)53-20-14-26-66-34-53)32-55(59)64(57)61-43(8)39(4)37(2)40(5)44(61)9/h12-35H,1-11H3. The summed E-state index contributed by atoms with van der Waals surface area (Å²) in [6, 6.07) is 45.9. The molecule has 0 N–H and O–H groups in total. The van der Waals surface area contributed by atoms with Crippen LogP contribution in [0, 0.1) is 76.2 Å². The minimum absolute atomic E-state index is 0.00901. The highest BCUT2D eigenvalue weighted by Gasteiger charge is 2.45. The Morgan fingerprint density at radius 3 is 1.03 bits per heavy atom. The van der Waals surface area contributed by atoms with E-state index < -0.39 is 0 Å². The van der Waals surface area contributed by atoms with Gasteiger partial charge in [0.2, 0.25) is 13.4 Å². The van der Waals surface area contributed by atoms with Crippen molar-refractivity contribution < 1.29 is 0 Å². The van der Waals surface area contributed by atoms with Crippen molar-refractivity contribution in [2.45, 2.75) is 76.2 Å². The highest BCUT2D eigenvalue weighted by atomic mass is 15.2. The van der Waals surface area contributed by atoms with E-state index in [1.165, 1.54) is 133 Å². The lowest BCUT2D eigenvalue weighted by Crippen LogP contribution is -2.66. The predicted octanol–water partition coefficient (Wildman–Crippen LogP) is 11.7. The average Bonchev–Trinajstić information content (AvgIpc) is 3.37. The van der Waals surface area contributed by atoms with E-state index in [9.17, 15) is 0 Å². The first kappa shape index (κ1) is 43.3. The number of anilines is 3. The normalized spacial score (nSPS) is 12.5. The topological polar surface area (TPSA) is 29.0 Å². The van der Waals surface area contributed by atoms with Gasteiger partial charge in [0, 0.05) is 53.0 Å². The molecular formula is C63H57B2N3. The molecule has 9 aromatic rings. The molecule has 330 valence electrons. The first-order chi connectivity index (χ1) is 32.8. The average molecular weight is 878 g/mol. The first-order valence-corrected chi connectivity index (χ1v) is 24.2. The molecule has 0 spiro atoms. The van der Waals surface area contributed by atoms with Crippen molar-refractivity contribution >= 4 is 63.3 Å². The zero-order valence-corrected chi connectivity index (χ0v) is 41.4. The maximum Gasteiger partial charge on any atom is 0.247 e. The van der Waals surface area contributed by atoms with Crippen LogP contribution in [0.2, 0.25) is 0 Å². The third-order valence-corrected chi connectivity index (χ3v) is 16.4. The van der Waals surface area contributed by atoms with E-state index >= 15 is 0 Å². The second kappa shape index (κ2) is 16.5. The first-order valence-electron chi connectivity index (χ1n) is 24.2. The van der Waals surface area contributed by atoms with Gasteiger partial charge in [0.25, 0.3) is 0 Å². The number of aromatic nitrogens is 2. The van der Waals surface area contributed by atoms with E-state index in [4.69, 9.17) is 0 Å². The molecule has 0 radical (unpaired) electrons. The molecule has 0 saturated heterocycles. The van der Waals surface area contributed by atoms with Gasteiger partial charge in [-0.2, -0.15) is 0 Å². The van der Waals surface area contributed by atoms with E-state index in [0.717, 1.165) is 22.3 Å².